The van der Waals surface area contributed by atoms with Gasteiger partial charge in [-0.25, -0.2) is 0 Å². The molecule has 0 atom stereocenters. The van der Waals surface area contributed by atoms with Crippen molar-refractivity contribution in [3.63, 3.8) is 0 Å². The van der Waals surface area contributed by atoms with Crippen molar-refractivity contribution in [3.05, 3.63) is 291 Å². The molecular weight excluding hydrogens is 957 g/mol. The van der Waals surface area contributed by atoms with Crippen LogP contribution in [0.4, 0.5) is 34.1 Å². The highest BCUT2D eigenvalue weighted by molar-refractivity contribution is 7.26. The van der Waals surface area contributed by atoms with E-state index in [1.165, 1.54) is 84.9 Å². The first-order chi connectivity index (χ1) is 37.7. The second-order valence-corrected chi connectivity index (χ2v) is 21.3. The lowest BCUT2D eigenvalue weighted by Gasteiger charge is -2.27. The molecular formula is C72H48N2S2. The second kappa shape index (κ2) is 19.5. The molecule has 2 aromatic heterocycles. The van der Waals surface area contributed by atoms with Crippen molar-refractivity contribution in [1.29, 1.82) is 0 Å². The summed E-state index contributed by atoms with van der Waals surface area (Å²) in [4.78, 5) is 4.72. The van der Waals surface area contributed by atoms with E-state index in [0.717, 1.165) is 45.3 Å². The zero-order valence-corrected chi connectivity index (χ0v) is 43.1. The molecule has 0 aliphatic carbocycles. The van der Waals surface area contributed by atoms with Crippen LogP contribution in [0.15, 0.2) is 291 Å². The third-order valence-electron chi connectivity index (χ3n) is 14.7. The van der Waals surface area contributed by atoms with Crippen LogP contribution >= 0.6 is 22.7 Å². The fraction of sp³-hybridized carbons (Fsp3) is 0. The fourth-order valence-electron chi connectivity index (χ4n) is 10.9. The molecule has 76 heavy (non-hydrogen) atoms. The van der Waals surface area contributed by atoms with E-state index in [1.807, 2.05) is 22.7 Å². The summed E-state index contributed by atoms with van der Waals surface area (Å²) in [6, 6.07) is 106. The average Bonchev–Trinajstić information content (AvgIpc) is 4.10. The minimum atomic E-state index is 1.09. The van der Waals surface area contributed by atoms with Crippen LogP contribution in [-0.2, 0) is 0 Å². The highest BCUT2D eigenvalue weighted by atomic mass is 32.1. The molecule has 0 amide bonds. The Kier molecular flexibility index (Phi) is 11.6. The van der Waals surface area contributed by atoms with Crippen molar-refractivity contribution in [2.75, 3.05) is 9.80 Å². The Hall–Kier alpha value is -9.32. The lowest BCUT2D eigenvalue weighted by Crippen LogP contribution is -2.10. The molecule has 14 rings (SSSR count). The summed E-state index contributed by atoms with van der Waals surface area (Å²) in [5, 5.41) is 5.25. The Bertz CT molecular complexity index is 4050. The van der Waals surface area contributed by atoms with Gasteiger partial charge in [-0.2, -0.15) is 0 Å². The fourth-order valence-corrected chi connectivity index (χ4v) is 13.4. The number of hydrogen-bond donors (Lipinski definition) is 0. The molecule has 0 aliphatic rings. The molecule has 0 bridgehead atoms. The van der Waals surface area contributed by atoms with E-state index in [9.17, 15) is 0 Å². The van der Waals surface area contributed by atoms with Gasteiger partial charge < -0.3 is 9.80 Å². The van der Waals surface area contributed by atoms with Gasteiger partial charge in [0.05, 0.1) is 0 Å². The minimum absolute atomic E-state index is 1.09. The normalized spacial score (nSPS) is 11.4. The Balaban J connectivity index is 0.790. The molecule has 0 N–H and O–H groups in total. The van der Waals surface area contributed by atoms with Gasteiger partial charge in [0, 0.05) is 74.5 Å². The molecule has 0 saturated heterocycles. The highest BCUT2D eigenvalue weighted by Crippen LogP contribution is 2.45. The molecule has 2 nitrogen and oxygen atoms in total. The maximum atomic E-state index is 2.36. The van der Waals surface area contributed by atoms with Gasteiger partial charge in [-0.1, -0.05) is 206 Å². The Morgan fingerprint density at radius 2 is 0.434 bits per heavy atom. The van der Waals surface area contributed by atoms with Crippen LogP contribution in [0, 0.1) is 0 Å². The first kappa shape index (κ1) is 45.3. The third kappa shape index (κ3) is 8.40. The van der Waals surface area contributed by atoms with Crippen LogP contribution < -0.4 is 9.80 Å². The van der Waals surface area contributed by atoms with E-state index < -0.39 is 0 Å². The standard InChI is InChI=1S/C72H48N2S2/c1-3-13-49(14-4-1)51-25-37-57(38-26-51)73(61-45-33-55(34-46-61)63-19-11-21-67-65-17-7-9-23-69(65)75-71(63)67)59-41-29-53(30-42-59)54-31-43-60(44-32-54)74(58-39-27-52(28-40-58)50-15-5-2-6-16-50)62-47-35-56(36-48-62)64-20-12-22-68-66-18-8-10-24-70(66)76-72(64)68/h1-48H. The monoisotopic (exact) mass is 1000 g/mol. The van der Waals surface area contributed by atoms with E-state index in [4.69, 9.17) is 0 Å². The van der Waals surface area contributed by atoms with Crippen LogP contribution in [0.1, 0.15) is 0 Å². The van der Waals surface area contributed by atoms with Crippen molar-refractivity contribution in [1.82, 2.24) is 0 Å². The number of fused-ring (bicyclic) bond motifs is 6. The van der Waals surface area contributed by atoms with Crippen molar-refractivity contribution in [3.8, 4) is 55.6 Å². The van der Waals surface area contributed by atoms with Crippen LogP contribution in [0.25, 0.3) is 96.0 Å². The summed E-state index contributed by atoms with van der Waals surface area (Å²) in [5.74, 6) is 0. The molecule has 2 heterocycles. The van der Waals surface area contributed by atoms with Crippen LogP contribution in [0.5, 0.6) is 0 Å². The molecule has 0 unspecified atom stereocenters. The minimum Gasteiger partial charge on any atom is -0.311 e. The van der Waals surface area contributed by atoms with E-state index in [2.05, 4.69) is 301 Å². The Morgan fingerprint density at radius 3 is 0.750 bits per heavy atom. The Morgan fingerprint density at radius 1 is 0.184 bits per heavy atom. The summed E-state index contributed by atoms with van der Waals surface area (Å²) in [6.07, 6.45) is 0. The molecule has 14 aromatic rings. The van der Waals surface area contributed by atoms with Gasteiger partial charge in [-0.3, -0.25) is 0 Å². The summed E-state index contributed by atoms with van der Waals surface area (Å²) in [6.45, 7) is 0. The largest absolute Gasteiger partial charge is 0.311 e. The van der Waals surface area contributed by atoms with Crippen LogP contribution in [0.2, 0.25) is 0 Å². The van der Waals surface area contributed by atoms with Crippen LogP contribution in [0.3, 0.4) is 0 Å². The van der Waals surface area contributed by atoms with Crippen molar-refractivity contribution < 1.29 is 0 Å². The molecule has 0 saturated carbocycles. The summed E-state index contributed by atoms with van der Waals surface area (Å²) >= 11 is 3.75. The zero-order chi connectivity index (χ0) is 50.4. The number of benzene rings is 12. The predicted octanol–water partition coefficient (Wildman–Crippen LogP) is 21.7. The molecule has 0 aliphatic heterocycles. The van der Waals surface area contributed by atoms with Gasteiger partial charge in [-0.15, -0.1) is 22.7 Å². The third-order valence-corrected chi connectivity index (χ3v) is 17.2. The van der Waals surface area contributed by atoms with Gasteiger partial charge >= 0.3 is 0 Å². The number of thiophene rings is 2. The van der Waals surface area contributed by atoms with Gasteiger partial charge in [0.15, 0.2) is 0 Å². The smallest absolute Gasteiger partial charge is 0.0462 e. The molecule has 358 valence electrons. The number of anilines is 6. The van der Waals surface area contributed by atoms with Crippen molar-refractivity contribution in [2.45, 2.75) is 0 Å². The topological polar surface area (TPSA) is 6.48 Å². The Labute approximate surface area is 450 Å². The van der Waals surface area contributed by atoms with Gasteiger partial charge in [0.1, 0.15) is 0 Å². The molecule has 0 spiro atoms. The molecule has 0 fully saturated rings. The molecule has 12 aromatic carbocycles. The SMILES string of the molecule is c1ccc(-c2ccc(N(c3ccc(-c4ccc(N(c5ccc(-c6ccccc6)cc5)c5ccc(-c6cccc7c6sc6ccccc67)cc5)cc4)cc3)c3ccc(-c4cccc5c4sc4ccccc45)cc3)cc2)cc1. The quantitative estimate of drug-likeness (QED) is 0.127. The lowest BCUT2D eigenvalue weighted by molar-refractivity contribution is 1.28. The number of hydrogen-bond acceptors (Lipinski definition) is 4. The summed E-state index contributed by atoms with van der Waals surface area (Å²) in [5.41, 5.74) is 18.6. The highest BCUT2D eigenvalue weighted by Gasteiger charge is 2.18. The summed E-state index contributed by atoms with van der Waals surface area (Å²) < 4.78 is 5.28. The lowest BCUT2D eigenvalue weighted by atomic mass is 10.0. The number of nitrogens with zero attached hydrogens (tertiary/aromatic N) is 2. The first-order valence-electron chi connectivity index (χ1n) is 25.8. The van der Waals surface area contributed by atoms with E-state index in [1.54, 1.807) is 0 Å². The molecule has 4 heteroatoms. The van der Waals surface area contributed by atoms with E-state index in [0.29, 0.717) is 0 Å². The van der Waals surface area contributed by atoms with E-state index >= 15 is 0 Å². The van der Waals surface area contributed by atoms with Gasteiger partial charge in [-0.05, 0) is 141 Å². The van der Waals surface area contributed by atoms with Gasteiger partial charge in [0.2, 0.25) is 0 Å². The predicted molar refractivity (Wildman–Crippen MR) is 329 cm³/mol. The second-order valence-electron chi connectivity index (χ2n) is 19.2. The van der Waals surface area contributed by atoms with Crippen LogP contribution in [-0.4, -0.2) is 0 Å². The van der Waals surface area contributed by atoms with E-state index in [-0.39, 0.29) is 0 Å². The van der Waals surface area contributed by atoms with Gasteiger partial charge in [0.25, 0.3) is 0 Å². The number of rotatable bonds is 11. The average molecular weight is 1010 g/mol. The summed E-state index contributed by atoms with van der Waals surface area (Å²) in [7, 11) is 0. The maximum Gasteiger partial charge on any atom is 0.0462 e. The first-order valence-corrected chi connectivity index (χ1v) is 27.4. The van der Waals surface area contributed by atoms with Crippen molar-refractivity contribution in [2.24, 2.45) is 0 Å². The van der Waals surface area contributed by atoms with Crippen molar-refractivity contribution >= 4 is 97.1 Å². The maximum absolute atomic E-state index is 2.36. The zero-order valence-electron chi connectivity index (χ0n) is 41.4. The molecule has 0 radical (unpaired) electrons.